The number of nitrogens with zero attached hydrogens (tertiary/aromatic N) is 1. The van der Waals surface area contributed by atoms with E-state index in [1.54, 1.807) is 0 Å². The smallest absolute Gasteiger partial charge is 0.0591 e. The van der Waals surface area contributed by atoms with Crippen molar-refractivity contribution >= 4 is 0 Å². The molecule has 0 aliphatic carbocycles. The van der Waals surface area contributed by atoms with E-state index in [1.165, 1.54) is 6.42 Å². The van der Waals surface area contributed by atoms with Crippen molar-refractivity contribution in [2.24, 2.45) is 5.92 Å². The molecule has 0 aliphatic heterocycles. The largest absolute Gasteiger partial charge is 0.380 e. The molecule has 0 heterocycles. The van der Waals surface area contributed by atoms with E-state index in [4.69, 9.17) is 4.74 Å². The second kappa shape index (κ2) is 10.1. The van der Waals surface area contributed by atoms with Crippen molar-refractivity contribution in [1.82, 2.24) is 10.2 Å². The van der Waals surface area contributed by atoms with Crippen LogP contribution in [-0.4, -0.2) is 51.3 Å². The molecule has 0 saturated carbocycles. The maximum absolute atomic E-state index is 5.55. The Hall–Kier alpha value is -0.120. The van der Waals surface area contributed by atoms with E-state index in [0.717, 1.165) is 38.6 Å². The SMILES string of the molecule is CC(C)CCOCCNC(C)CCN(C)C. The molecule has 0 radical (unpaired) electrons. The van der Waals surface area contributed by atoms with Crippen LogP contribution in [-0.2, 0) is 4.74 Å². The first-order valence-electron chi connectivity index (χ1n) is 6.48. The van der Waals surface area contributed by atoms with Crippen molar-refractivity contribution in [3.05, 3.63) is 0 Å². The molecule has 0 rings (SSSR count). The summed E-state index contributed by atoms with van der Waals surface area (Å²) in [6.07, 6.45) is 2.36. The Morgan fingerprint density at radius 1 is 1.06 bits per heavy atom. The molecule has 98 valence electrons. The van der Waals surface area contributed by atoms with E-state index in [9.17, 15) is 0 Å². The Labute approximate surface area is 102 Å². The fraction of sp³-hybridized carbons (Fsp3) is 1.00. The predicted octanol–water partition coefficient (Wildman–Crippen LogP) is 1.98. The van der Waals surface area contributed by atoms with Crippen LogP contribution in [0.3, 0.4) is 0 Å². The number of hydrogen-bond donors (Lipinski definition) is 1. The van der Waals surface area contributed by atoms with E-state index in [2.05, 4.69) is 45.1 Å². The minimum Gasteiger partial charge on any atom is -0.380 e. The van der Waals surface area contributed by atoms with Gasteiger partial charge in [-0.25, -0.2) is 0 Å². The molecule has 0 fully saturated rings. The first kappa shape index (κ1) is 15.9. The normalized spacial score (nSPS) is 13.7. The highest BCUT2D eigenvalue weighted by molar-refractivity contribution is 4.61. The third-order valence-corrected chi connectivity index (χ3v) is 2.59. The number of hydrogen-bond acceptors (Lipinski definition) is 3. The molecule has 0 amide bonds. The third-order valence-electron chi connectivity index (χ3n) is 2.59. The fourth-order valence-corrected chi connectivity index (χ4v) is 1.35. The number of nitrogens with one attached hydrogen (secondary N) is 1. The molecule has 3 nitrogen and oxygen atoms in total. The van der Waals surface area contributed by atoms with Crippen LogP contribution in [0.4, 0.5) is 0 Å². The van der Waals surface area contributed by atoms with Gasteiger partial charge in [-0.2, -0.15) is 0 Å². The van der Waals surface area contributed by atoms with Crippen molar-refractivity contribution in [3.8, 4) is 0 Å². The van der Waals surface area contributed by atoms with Gasteiger partial charge >= 0.3 is 0 Å². The van der Waals surface area contributed by atoms with Crippen molar-refractivity contribution in [3.63, 3.8) is 0 Å². The van der Waals surface area contributed by atoms with Gasteiger partial charge in [0.2, 0.25) is 0 Å². The summed E-state index contributed by atoms with van der Waals surface area (Å²) in [5, 5.41) is 3.47. The van der Waals surface area contributed by atoms with Gasteiger partial charge in [0.1, 0.15) is 0 Å². The van der Waals surface area contributed by atoms with Gasteiger partial charge in [-0.15, -0.1) is 0 Å². The van der Waals surface area contributed by atoms with Crippen LogP contribution >= 0.6 is 0 Å². The molecule has 0 spiro atoms. The maximum Gasteiger partial charge on any atom is 0.0591 e. The van der Waals surface area contributed by atoms with Crippen molar-refractivity contribution in [1.29, 1.82) is 0 Å². The van der Waals surface area contributed by atoms with Crippen LogP contribution in [0.25, 0.3) is 0 Å². The van der Waals surface area contributed by atoms with Crippen molar-refractivity contribution in [2.45, 2.75) is 39.7 Å². The molecule has 3 heteroatoms. The number of ether oxygens (including phenoxy) is 1. The summed E-state index contributed by atoms with van der Waals surface area (Å²) in [5.74, 6) is 0.743. The Balaban J connectivity index is 3.18. The van der Waals surface area contributed by atoms with Crippen LogP contribution in [0.15, 0.2) is 0 Å². The summed E-state index contributed by atoms with van der Waals surface area (Å²) in [7, 11) is 4.23. The quantitative estimate of drug-likeness (QED) is 0.581. The highest BCUT2D eigenvalue weighted by atomic mass is 16.5. The number of rotatable bonds is 10. The summed E-state index contributed by atoms with van der Waals surface area (Å²) >= 11 is 0. The van der Waals surface area contributed by atoms with E-state index in [1.807, 2.05) is 0 Å². The van der Waals surface area contributed by atoms with Gasteiger partial charge in [0.05, 0.1) is 6.61 Å². The second-order valence-corrected chi connectivity index (χ2v) is 5.24. The Kier molecular flexibility index (Phi) is 9.99. The van der Waals surface area contributed by atoms with Crippen molar-refractivity contribution in [2.75, 3.05) is 40.4 Å². The lowest BCUT2D eigenvalue weighted by atomic mass is 10.1. The summed E-state index contributed by atoms with van der Waals surface area (Å²) in [6, 6.07) is 0.580. The van der Waals surface area contributed by atoms with Gasteiger partial charge in [0, 0.05) is 19.2 Å². The molecule has 0 bridgehead atoms. The van der Waals surface area contributed by atoms with E-state index in [0.29, 0.717) is 6.04 Å². The molecule has 0 aromatic heterocycles. The lowest BCUT2D eigenvalue weighted by molar-refractivity contribution is 0.123. The maximum atomic E-state index is 5.55. The molecule has 0 saturated heterocycles. The minimum atomic E-state index is 0.580. The van der Waals surface area contributed by atoms with Crippen LogP contribution in [0.2, 0.25) is 0 Å². The van der Waals surface area contributed by atoms with Crippen LogP contribution < -0.4 is 5.32 Å². The summed E-state index contributed by atoms with van der Waals surface area (Å²) in [6.45, 7) is 10.5. The zero-order valence-electron chi connectivity index (χ0n) is 11.8. The molecule has 0 aliphatic rings. The minimum absolute atomic E-state index is 0.580. The van der Waals surface area contributed by atoms with Gasteiger partial charge in [0.15, 0.2) is 0 Å². The van der Waals surface area contributed by atoms with Gasteiger partial charge in [-0.3, -0.25) is 0 Å². The molecule has 1 N–H and O–H groups in total. The highest BCUT2D eigenvalue weighted by Crippen LogP contribution is 1.98. The van der Waals surface area contributed by atoms with Crippen molar-refractivity contribution < 1.29 is 4.74 Å². The van der Waals surface area contributed by atoms with Gasteiger partial charge in [-0.1, -0.05) is 13.8 Å². The third kappa shape index (κ3) is 12.0. The zero-order chi connectivity index (χ0) is 12.4. The molecule has 16 heavy (non-hydrogen) atoms. The molecular weight excluding hydrogens is 200 g/mol. The standard InChI is InChI=1S/C13H30N2O/c1-12(2)7-10-16-11-8-14-13(3)6-9-15(4)5/h12-14H,6-11H2,1-5H3. The fourth-order valence-electron chi connectivity index (χ4n) is 1.35. The van der Waals surface area contributed by atoms with Gasteiger partial charge in [-0.05, 0) is 46.3 Å². The molecule has 0 aromatic rings. The Bertz CT molecular complexity index is 149. The van der Waals surface area contributed by atoms with Gasteiger partial charge < -0.3 is 15.0 Å². The summed E-state index contributed by atoms with van der Waals surface area (Å²) in [4.78, 5) is 2.22. The summed E-state index contributed by atoms with van der Waals surface area (Å²) < 4.78 is 5.55. The highest BCUT2D eigenvalue weighted by Gasteiger charge is 2.01. The van der Waals surface area contributed by atoms with E-state index < -0.39 is 0 Å². The lowest BCUT2D eigenvalue weighted by Crippen LogP contribution is -2.32. The molecule has 0 aromatic carbocycles. The first-order valence-corrected chi connectivity index (χ1v) is 6.48. The monoisotopic (exact) mass is 230 g/mol. The second-order valence-electron chi connectivity index (χ2n) is 5.24. The lowest BCUT2D eigenvalue weighted by Gasteiger charge is -2.16. The zero-order valence-corrected chi connectivity index (χ0v) is 11.8. The van der Waals surface area contributed by atoms with Crippen LogP contribution in [0, 0.1) is 5.92 Å². The van der Waals surface area contributed by atoms with Crippen LogP contribution in [0.5, 0.6) is 0 Å². The topological polar surface area (TPSA) is 24.5 Å². The summed E-state index contributed by atoms with van der Waals surface area (Å²) in [5.41, 5.74) is 0. The Morgan fingerprint density at radius 3 is 2.31 bits per heavy atom. The molecular formula is C13H30N2O. The molecule has 1 unspecified atom stereocenters. The Morgan fingerprint density at radius 2 is 1.75 bits per heavy atom. The average Bonchev–Trinajstić information content (AvgIpc) is 2.19. The first-order chi connectivity index (χ1) is 7.52. The van der Waals surface area contributed by atoms with Gasteiger partial charge in [0.25, 0.3) is 0 Å². The average molecular weight is 230 g/mol. The van der Waals surface area contributed by atoms with Crippen LogP contribution in [0.1, 0.15) is 33.6 Å². The predicted molar refractivity (Wildman–Crippen MR) is 70.9 cm³/mol. The van der Waals surface area contributed by atoms with E-state index >= 15 is 0 Å². The van der Waals surface area contributed by atoms with E-state index in [-0.39, 0.29) is 0 Å². The molecule has 1 atom stereocenters.